The number of benzene rings is 2. The number of hydrogen-bond donors (Lipinski definition) is 1. The van der Waals surface area contributed by atoms with Gasteiger partial charge in [-0.05, 0) is 35.9 Å². The Labute approximate surface area is 145 Å². The summed E-state index contributed by atoms with van der Waals surface area (Å²) in [5, 5.41) is 18.8. The molecule has 3 aromatic rings. The van der Waals surface area contributed by atoms with E-state index in [1.807, 2.05) is 6.07 Å². The van der Waals surface area contributed by atoms with E-state index in [9.17, 15) is 17.6 Å². The SMILES string of the molecule is N#Cc1[nH]nnc1-c1ccc(F)c(/C=C/c2ccc(C(F)(F)F)cc2)c1. The molecule has 1 aromatic heterocycles. The molecule has 0 saturated heterocycles. The van der Waals surface area contributed by atoms with Crippen molar-refractivity contribution in [1.29, 1.82) is 5.26 Å². The van der Waals surface area contributed by atoms with Crippen LogP contribution in [0.4, 0.5) is 17.6 Å². The first-order valence-electron chi connectivity index (χ1n) is 7.35. The van der Waals surface area contributed by atoms with E-state index in [0.29, 0.717) is 11.1 Å². The highest BCUT2D eigenvalue weighted by atomic mass is 19.4. The molecule has 0 aliphatic carbocycles. The molecule has 0 unspecified atom stereocenters. The van der Waals surface area contributed by atoms with Crippen molar-refractivity contribution in [1.82, 2.24) is 15.4 Å². The standard InChI is InChI=1S/C18H10F4N4/c19-15-8-5-13(17-16(10-23)24-26-25-17)9-12(15)4-1-11-2-6-14(7-3-11)18(20,21)22/h1-9H,(H,24,25,26)/b4-1+. The number of H-pyrrole nitrogens is 1. The molecule has 0 radical (unpaired) electrons. The first-order chi connectivity index (χ1) is 12.4. The maximum Gasteiger partial charge on any atom is 0.416 e. The van der Waals surface area contributed by atoms with Gasteiger partial charge < -0.3 is 0 Å². The van der Waals surface area contributed by atoms with E-state index >= 15 is 0 Å². The van der Waals surface area contributed by atoms with Crippen molar-refractivity contribution in [3.05, 3.63) is 70.7 Å². The fourth-order valence-electron chi connectivity index (χ4n) is 2.30. The van der Waals surface area contributed by atoms with Crippen molar-refractivity contribution in [2.75, 3.05) is 0 Å². The average Bonchev–Trinajstić information content (AvgIpc) is 3.09. The zero-order valence-corrected chi connectivity index (χ0v) is 13.0. The Bertz CT molecular complexity index is 995. The highest BCUT2D eigenvalue weighted by Gasteiger charge is 2.29. The average molecular weight is 358 g/mol. The fourth-order valence-corrected chi connectivity index (χ4v) is 2.30. The summed E-state index contributed by atoms with van der Waals surface area (Å²) in [5.41, 5.74) is 0.865. The summed E-state index contributed by atoms with van der Waals surface area (Å²) < 4.78 is 51.7. The Hall–Kier alpha value is -3.47. The van der Waals surface area contributed by atoms with Gasteiger partial charge in [0, 0.05) is 11.1 Å². The Morgan fingerprint density at radius 2 is 1.77 bits per heavy atom. The van der Waals surface area contributed by atoms with Crippen LogP contribution < -0.4 is 0 Å². The predicted molar refractivity (Wildman–Crippen MR) is 86.9 cm³/mol. The lowest BCUT2D eigenvalue weighted by Crippen LogP contribution is -2.03. The molecular weight excluding hydrogens is 348 g/mol. The minimum atomic E-state index is -4.40. The summed E-state index contributed by atoms with van der Waals surface area (Å²) in [6, 6.07) is 10.6. The molecule has 130 valence electrons. The summed E-state index contributed by atoms with van der Waals surface area (Å²) in [6.07, 6.45) is -1.47. The third-order valence-electron chi connectivity index (χ3n) is 3.62. The first-order valence-corrected chi connectivity index (χ1v) is 7.35. The molecular formula is C18H10F4N4. The molecule has 4 nitrogen and oxygen atoms in total. The van der Waals surface area contributed by atoms with Gasteiger partial charge >= 0.3 is 6.18 Å². The van der Waals surface area contributed by atoms with Crippen molar-refractivity contribution in [2.24, 2.45) is 0 Å². The Morgan fingerprint density at radius 3 is 2.42 bits per heavy atom. The number of hydrogen-bond acceptors (Lipinski definition) is 3. The van der Waals surface area contributed by atoms with Gasteiger partial charge in [-0.3, -0.25) is 0 Å². The lowest BCUT2D eigenvalue weighted by molar-refractivity contribution is -0.137. The van der Waals surface area contributed by atoms with Crippen molar-refractivity contribution < 1.29 is 17.6 Å². The molecule has 0 saturated carbocycles. The van der Waals surface area contributed by atoms with E-state index in [0.717, 1.165) is 12.1 Å². The largest absolute Gasteiger partial charge is 0.416 e. The number of nitrogens with one attached hydrogen (secondary N) is 1. The topological polar surface area (TPSA) is 65.4 Å². The zero-order valence-electron chi connectivity index (χ0n) is 13.0. The van der Waals surface area contributed by atoms with E-state index in [1.54, 1.807) is 0 Å². The van der Waals surface area contributed by atoms with Crippen LogP contribution in [-0.4, -0.2) is 15.4 Å². The maximum absolute atomic E-state index is 14.0. The zero-order chi connectivity index (χ0) is 18.7. The second-order valence-corrected chi connectivity index (χ2v) is 5.34. The van der Waals surface area contributed by atoms with Gasteiger partial charge in [0.05, 0.1) is 5.56 Å². The molecule has 8 heteroatoms. The minimum Gasteiger partial charge on any atom is -0.247 e. The van der Waals surface area contributed by atoms with Gasteiger partial charge in [0.15, 0.2) is 5.69 Å². The van der Waals surface area contributed by atoms with E-state index in [-0.39, 0.29) is 17.0 Å². The molecule has 0 spiro atoms. The monoisotopic (exact) mass is 358 g/mol. The summed E-state index contributed by atoms with van der Waals surface area (Å²) >= 11 is 0. The van der Waals surface area contributed by atoms with Crippen LogP contribution in [0.3, 0.4) is 0 Å². The van der Waals surface area contributed by atoms with Gasteiger partial charge in [-0.1, -0.05) is 29.5 Å². The summed E-state index contributed by atoms with van der Waals surface area (Å²) in [6.45, 7) is 0. The number of nitrogens with zero attached hydrogens (tertiary/aromatic N) is 3. The van der Waals surface area contributed by atoms with Gasteiger partial charge in [-0.2, -0.15) is 18.4 Å². The second-order valence-electron chi connectivity index (χ2n) is 5.34. The molecule has 0 fully saturated rings. The van der Waals surface area contributed by atoms with Crippen LogP contribution in [-0.2, 0) is 6.18 Å². The number of aromatic amines is 1. The van der Waals surface area contributed by atoms with Crippen LogP contribution in [0, 0.1) is 17.1 Å². The Morgan fingerprint density at radius 1 is 1.04 bits per heavy atom. The van der Waals surface area contributed by atoms with Gasteiger partial charge in [-0.25, -0.2) is 9.49 Å². The van der Waals surface area contributed by atoms with E-state index in [2.05, 4.69) is 15.4 Å². The van der Waals surface area contributed by atoms with E-state index in [1.165, 1.54) is 42.5 Å². The van der Waals surface area contributed by atoms with E-state index < -0.39 is 17.6 Å². The molecule has 0 atom stereocenters. The van der Waals surface area contributed by atoms with Crippen molar-refractivity contribution in [2.45, 2.75) is 6.18 Å². The molecule has 0 aliphatic heterocycles. The van der Waals surface area contributed by atoms with Crippen LogP contribution in [0.5, 0.6) is 0 Å². The number of rotatable bonds is 3. The molecule has 1 N–H and O–H groups in total. The van der Waals surface area contributed by atoms with E-state index in [4.69, 9.17) is 5.26 Å². The third kappa shape index (κ3) is 3.62. The predicted octanol–water partition coefficient (Wildman–Crippen LogP) is 4.67. The Balaban J connectivity index is 1.89. The first kappa shape index (κ1) is 17.4. The molecule has 26 heavy (non-hydrogen) atoms. The molecule has 1 heterocycles. The number of alkyl halides is 3. The van der Waals surface area contributed by atoms with Crippen LogP contribution in [0.1, 0.15) is 22.4 Å². The van der Waals surface area contributed by atoms with Crippen molar-refractivity contribution in [3.63, 3.8) is 0 Å². The lowest BCUT2D eigenvalue weighted by atomic mass is 10.0. The lowest BCUT2D eigenvalue weighted by Gasteiger charge is -2.06. The van der Waals surface area contributed by atoms with Crippen LogP contribution >= 0.6 is 0 Å². The number of aromatic nitrogens is 3. The number of halogens is 4. The highest BCUT2D eigenvalue weighted by molar-refractivity contribution is 5.74. The van der Waals surface area contributed by atoms with Crippen LogP contribution in [0.25, 0.3) is 23.4 Å². The highest BCUT2D eigenvalue weighted by Crippen LogP contribution is 2.29. The summed E-state index contributed by atoms with van der Waals surface area (Å²) in [4.78, 5) is 0. The smallest absolute Gasteiger partial charge is 0.247 e. The van der Waals surface area contributed by atoms with Crippen LogP contribution in [0.2, 0.25) is 0 Å². The summed E-state index contributed by atoms with van der Waals surface area (Å²) in [7, 11) is 0. The normalized spacial score (nSPS) is 11.7. The number of nitriles is 1. The molecule has 3 rings (SSSR count). The minimum absolute atomic E-state index is 0.147. The van der Waals surface area contributed by atoms with Gasteiger partial charge in [-0.15, -0.1) is 5.10 Å². The summed E-state index contributed by atoms with van der Waals surface area (Å²) in [5.74, 6) is -0.515. The van der Waals surface area contributed by atoms with Gasteiger partial charge in [0.25, 0.3) is 0 Å². The third-order valence-corrected chi connectivity index (χ3v) is 3.62. The Kier molecular flexibility index (Phi) is 4.54. The maximum atomic E-state index is 14.0. The van der Waals surface area contributed by atoms with Gasteiger partial charge in [0.2, 0.25) is 0 Å². The molecule has 0 amide bonds. The van der Waals surface area contributed by atoms with Gasteiger partial charge in [0.1, 0.15) is 17.6 Å². The van der Waals surface area contributed by atoms with Crippen LogP contribution in [0.15, 0.2) is 42.5 Å². The second kappa shape index (κ2) is 6.80. The molecule has 0 aliphatic rings. The van der Waals surface area contributed by atoms with Crippen molar-refractivity contribution >= 4 is 12.2 Å². The molecule has 0 bridgehead atoms. The molecule has 2 aromatic carbocycles. The fraction of sp³-hybridized carbons (Fsp3) is 0.0556. The van der Waals surface area contributed by atoms with Crippen molar-refractivity contribution in [3.8, 4) is 17.3 Å². The quantitative estimate of drug-likeness (QED) is 0.546.